The van der Waals surface area contributed by atoms with E-state index in [0.717, 1.165) is 40.5 Å². The van der Waals surface area contributed by atoms with Crippen molar-refractivity contribution in [3.8, 4) is 0 Å². The molecule has 0 amide bonds. The van der Waals surface area contributed by atoms with E-state index in [4.69, 9.17) is 21.3 Å². The van der Waals surface area contributed by atoms with Gasteiger partial charge >= 0.3 is 5.97 Å². The van der Waals surface area contributed by atoms with Crippen molar-refractivity contribution in [2.75, 3.05) is 30.4 Å². The summed E-state index contributed by atoms with van der Waals surface area (Å²) in [7, 11) is 1.33. The normalized spacial score (nSPS) is 13.8. The molecular formula is C19H17ClN4O2S. The van der Waals surface area contributed by atoms with E-state index in [9.17, 15) is 4.79 Å². The molecule has 0 radical (unpaired) electrons. The number of anilines is 3. The summed E-state index contributed by atoms with van der Waals surface area (Å²) in [6, 6.07) is 8.87. The van der Waals surface area contributed by atoms with Crippen LogP contribution in [-0.4, -0.2) is 36.1 Å². The van der Waals surface area contributed by atoms with Crippen molar-refractivity contribution >= 4 is 55.8 Å². The molecular weight excluding hydrogens is 384 g/mol. The number of esters is 1. The second-order valence-corrected chi connectivity index (χ2v) is 7.47. The molecule has 3 aromatic rings. The minimum absolute atomic E-state index is 0.236. The molecule has 1 N–H and O–H groups in total. The molecule has 0 saturated heterocycles. The van der Waals surface area contributed by atoms with Gasteiger partial charge in [-0.2, -0.15) is 0 Å². The van der Waals surface area contributed by atoms with E-state index in [1.54, 1.807) is 29.5 Å². The molecule has 0 atom stereocenters. The van der Waals surface area contributed by atoms with Crippen LogP contribution in [0.4, 0.5) is 16.6 Å². The minimum Gasteiger partial charge on any atom is -0.464 e. The van der Waals surface area contributed by atoms with E-state index < -0.39 is 5.97 Å². The van der Waals surface area contributed by atoms with Crippen LogP contribution in [0.1, 0.15) is 16.9 Å². The molecule has 3 heterocycles. The fourth-order valence-corrected chi connectivity index (χ4v) is 4.24. The largest absolute Gasteiger partial charge is 0.464 e. The fraction of sp³-hybridized carbons (Fsp3) is 0.211. The van der Waals surface area contributed by atoms with Crippen LogP contribution in [0.25, 0.3) is 10.2 Å². The number of halogens is 1. The lowest BCUT2D eigenvalue weighted by Gasteiger charge is -2.22. The van der Waals surface area contributed by atoms with E-state index in [2.05, 4.69) is 27.4 Å². The van der Waals surface area contributed by atoms with E-state index >= 15 is 0 Å². The van der Waals surface area contributed by atoms with E-state index in [1.807, 2.05) is 12.1 Å². The monoisotopic (exact) mass is 400 g/mol. The van der Waals surface area contributed by atoms with Gasteiger partial charge in [0.2, 0.25) is 0 Å². The third-order valence-corrected chi connectivity index (χ3v) is 5.46. The summed E-state index contributed by atoms with van der Waals surface area (Å²) < 4.78 is 5.73. The summed E-state index contributed by atoms with van der Waals surface area (Å²) in [6.07, 6.45) is 5.36. The van der Waals surface area contributed by atoms with Crippen LogP contribution in [-0.2, 0) is 4.74 Å². The number of aromatic nitrogens is 2. The number of hydrogen-bond donors (Lipinski definition) is 1. The molecule has 0 spiro atoms. The second kappa shape index (κ2) is 7.54. The lowest BCUT2D eigenvalue weighted by atomic mass is 10.2. The molecule has 1 aliphatic heterocycles. The maximum atomic E-state index is 11.7. The zero-order chi connectivity index (χ0) is 18.8. The molecule has 0 aliphatic carbocycles. The molecule has 27 heavy (non-hydrogen) atoms. The third kappa shape index (κ3) is 3.74. The van der Waals surface area contributed by atoms with Crippen LogP contribution >= 0.6 is 22.9 Å². The minimum atomic E-state index is -0.482. The number of carbonyl (C=O) groups is 1. The van der Waals surface area contributed by atoms with Crippen LogP contribution < -0.4 is 10.2 Å². The van der Waals surface area contributed by atoms with Gasteiger partial charge < -0.3 is 15.0 Å². The number of ether oxygens (including phenoxy) is 1. The maximum Gasteiger partial charge on any atom is 0.356 e. The first kappa shape index (κ1) is 17.8. The molecule has 2 aromatic heterocycles. The van der Waals surface area contributed by atoms with Gasteiger partial charge in [-0.3, -0.25) is 0 Å². The van der Waals surface area contributed by atoms with Gasteiger partial charge in [0, 0.05) is 18.1 Å². The van der Waals surface area contributed by atoms with Crippen LogP contribution in [0, 0.1) is 0 Å². The molecule has 0 fully saturated rings. The van der Waals surface area contributed by atoms with Crippen molar-refractivity contribution in [3.05, 3.63) is 53.2 Å². The molecule has 0 unspecified atom stereocenters. The first-order chi connectivity index (χ1) is 13.1. The van der Waals surface area contributed by atoms with Gasteiger partial charge in [-0.25, -0.2) is 14.8 Å². The molecule has 138 valence electrons. The number of nitrogens with one attached hydrogen (secondary N) is 1. The standard InChI is InChI=1S/C19H17ClN4O2S/c1-26-18(25)13-6-5-7-16(21-13)22-14-10-12(20)11-15-17(14)23-19(27-15)24-8-3-2-4-9-24/h2-3,5-7,10-11H,4,8-9H2,1H3,(H,21,22). The van der Waals surface area contributed by atoms with Gasteiger partial charge in [0.25, 0.3) is 0 Å². The molecule has 8 heteroatoms. The number of benzene rings is 1. The third-order valence-electron chi connectivity index (χ3n) is 4.18. The highest BCUT2D eigenvalue weighted by molar-refractivity contribution is 7.22. The Balaban J connectivity index is 1.70. The first-order valence-electron chi connectivity index (χ1n) is 8.46. The highest BCUT2D eigenvalue weighted by atomic mass is 35.5. The Bertz CT molecular complexity index is 1030. The fourth-order valence-electron chi connectivity index (χ4n) is 2.89. The van der Waals surface area contributed by atoms with Gasteiger partial charge in [0.1, 0.15) is 11.3 Å². The van der Waals surface area contributed by atoms with E-state index in [0.29, 0.717) is 10.8 Å². The summed E-state index contributed by atoms with van der Waals surface area (Å²) in [4.78, 5) is 23.1. The van der Waals surface area contributed by atoms with Gasteiger partial charge in [-0.05, 0) is 30.7 Å². The Morgan fingerprint density at radius 2 is 2.19 bits per heavy atom. The van der Waals surface area contributed by atoms with Crippen molar-refractivity contribution in [2.24, 2.45) is 0 Å². The Hall–Kier alpha value is -2.64. The Morgan fingerprint density at radius 3 is 2.96 bits per heavy atom. The van der Waals surface area contributed by atoms with Crippen molar-refractivity contribution in [1.82, 2.24) is 9.97 Å². The number of methoxy groups -OCH3 is 1. The molecule has 1 aliphatic rings. The number of rotatable bonds is 4. The topological polar surface area (TPSA) is 67.3 Å². The predicted molar refractivity (Wildman–Crippen MR) is 109 cm³/mol. The van der Waals surface area contributed by atoms with Crippen molar-refractivity contribution in [3.63, 3.8) is 0 Å². The zero-order valence-corrected chi connectivity index (χ0v) is 16.2. The number of thiazole rings is 1. The number of nitrogens with zero attached hydrogens (tertiary/aromatic N) is 3. The van der Waals surface area contributed by atoms with Crippen LogP contribution in [0.15, 0.2) is 42.5 Å². The summed E-state index contributed by atoms with van der Waals surface area (Å²) in [6.45, 7) is 1.81. The summed E-state index contributed by atoms with van der Waals surface area (Å²) in [5, 5.41) is 4.81. The summed E-state index contributed by atoms with van der Waals surface area (Å²) in [5.74, 6) is 0.0425. The quantitative estimate of drug-likeness (QED) is 0.508. The van der Waals surface area contributed by atoms with E-state index in [1.165, 1.54) is 7.11 Å². The molecule has 0 bridgehead atoms. The number of fused-ring (bicyclic) bond motifs is 1. The Labute approximate surface area is 165 Å². The van der Waals surface area contributed by atoms with Crippen LogP contribution in [0.5, 0.6) is 0 Å². The average Bonchev–Trinajstić information content (AvgIpc) is 3.12. The van der Waals surface area contributed by atoms with Crippen molar-refractivity contribution in [2.45, 2.75) is 6.42 Å². The van der Waals surface area contributed by atoms with Crippen molar-refractivity contribution in [1.29, 1.82) is 0 Å². The highest BCUT2D eigenvalue weighted by Gasteiger charge is 2.16. The van der Waals surface area contributed by atoms with Gasteiger partial charge in [-0.15, -0.1) is 0 Å². The van der Waals surface area contributed by atoms with Gasteiger partial charge in [0.05, 0.1) is 17.5 Å². The number of pyridine rings is 1. The van der Waals surface area contributed by atoms with Crippen molar-refractivity contribution < 1.29 is 9.53 Å². The van der Waals surface area contributed by atoms with Gasteiger partial charge in [0.15, 0.2) is 10.8 Å². The first-order valence-corrected chi connectivity index (χ1v) is 9.66. The summed E-state index contributed by atoms with van der Waals surface area (Å²) in [5.41, 5.74) is 1.82. The molecule has 0 saturated carbocycles. The zero-order valence-electron chi connectivity index (χ0n) is 14.6. The number of carbonyl (C=O) groups excluding carboxylic acids is 1. The Kier molecular flexibility index (Phi) is 4.96. The smallest absolute Gasteiger partial charge is 0.356 e. The second-order valence-electron chi connectivity index (χ2n) is 6.03. The van der Waals surface area contributed by atoms with Crippen LogP contribution in [0.2, 0.25) is 5.02 Å². The van der Waals surface area contributed by atoms with Crippen LogP contribution in [0.3, 0.4) is 0 Å². The SMILES string of the molecule is COC(=O)c1cccc(Nc2cc(Cl)cc3sc(N4CC=CCC4)nc23)n1. The summed E-state index contributed by atoms with van der Waals surface area (Å²) >= 11 is 7.93. The van der Waals surface area contributed by atoms with E-state index in [-0.39, 0.29) is 5.69 Å². The highest BCUT2D eigenvalue weighted by Crippen LogP contribution is 2.37. The lowest BCUT2D eigenvalue weighted by molar-refractivity contribution is 0.0594. The van der Waals surface area contributed by atoms with Gasteiger partial charge in [-0.1, -0.05) is 41.2 Å². The Morgan fingerprint density at radius 1 is 1.30 bits per heavy atom. The lowest BCUT2D eigenvalue weighted by Crippen LogP contribution is -2.26. The molecule has 4 rings (SSSR count). The number of hydrogen-bond acceptors (Lipinski definition) is 7. The average molecular weight is 401 g/mol. The predicted octanol–water partition coefficient (Wildman–Crippen LogP) is 4.64. The maximum absolute atomic E-state index is 11.7. The molecule has 1 aromatic carbocycles. The molecule has 6 nitrogen and oxygen atoms in total.